The van der Waals surface area contributed by atoms with E-state index in [1.54, 1.807) is 0 Å². The SMILES string of the molecule is O=Nn1c[n+]([O-])nn1. The zero-order valence-electron chi connectivity index (χ0n) is 3.63. The van der Waals surface area contributed by atoms with Crippen LogP contribution in [-0.4, -0.2) is 15.2 Å². The van der Waals surface area contributed by atoms with E-state index >= 15 is 0 Å². The molecule has 0 fully saturated rings. The van der Waals surface area contributed by atoms with E-state index in [4.69, 9.17) is 0 Å². The minimum atomic E-state index is 0.126. The normalized spacial score (nSPS) is 9.00. The molecule has 1 rings (SSSR count). The third-order valence-electron chi connectivity index (χ3n) is 0.506. The van der Waals surface area contributed by atoms with Crippen LogP contribution in [-0.2, 0) is 0 Å². The molecule has 8 heavy (non-hydrogen) atoms. The third-order valence-corrected chi connectivity index (χ3v) is 0.506. The Morgan fingerprint density at radius 2 is 2.62 bits per heavy atom. The first-order valence-electron chi connectivity index (χ1n) is 1.68. The third kappa shape index (κ3) is 0.600. The lowest BCUT2D eigenvalue weighted by Gasteiger charge is -1.82. The highest BCUT2D eigenvalue weighted by Crippen LogP contribution is 1.66. The van der Waals surface area contributed by atoms with Crippen LogP contribution in [0.3, 0.4) is 0 Å². The van der Waals surface area contributed by atoms with E-state index in [-0.39, 0.29) is 4.85 Å². The fraction of sp³-hybridized carbons (Fsp3) is 0. The molecule has 0 unspecified atom stereocenters. The molecule has 0 aromatic carbocycles. The Bertz CT molecular complexity index is 192. The molecule has 0 N–H and O–H groups in total. The van der Waals surface area contributed by atoms with E-state index in [0.717, 1.165) is 6.33 Å². The number of nitrogens with zero attached hydrogens (tertiary/aromatic N) is 5. The molecule has 7 heteroatoms. The van der Waals surface area contributed by atoms with Crippen LogP contribution in [0.2, 0.25) is 0 Å². The van der Waals surface area contributed by atoms with E-state index in [2.05, 4.69) is 15.7 Å². The smallest absolute Gasteiger partial charge is 0.279 e. The Morgan fingerprint density at radius 3 is 2.88 bits per heavy atom. The summed E-state index contributed by atoms with van der Waals surface area (Å²) in [4.78, 5) is 10.1. The fourth-order valence-corrected chi connectivity index (χ4v) is 0.252. The molecule has 0 amide bonds. The maximum atomic E-state index is 9.97. The predicted octanol–water partition coefficient (Wildman–Crippen LogP) is -1.56. The van der Waals surface area contributed by atoms with Gasteiger partial charge in [0.15, 0.2) is 10.5 Å². The molecular weight excluding hydrogens is 114 g/mol. The summed E-state index contributed by atoms with van der Waals surface area (Å²) in [5.74, 6) is 0. The first-order chi connectivity index (χ1) is 3.83. The van der Waals surface area contributed by atoms with Gasteiger partial charge in [0.2, 0.25) is 0 Å². The summed E-state index contributed by atoms with van der Waals surface area (Å²) in [5, 5.41) is 18.1. The van der Waals surface area contributed by atoms with Gasteiger partial charge in [0.25, 0.3) is 6.33 Å². The van der Waals surface area contributed by atoms with E-state index in [0.29, 0.717) is 4.79 Å². The van der Waals surface area contributed by atoms with Gasteiger partial charge in [-0.3, -0.25) is 0 Å². The Kier molecular flexibility index (Phi) is 0.881. The lowest BCUT2D eigenvalue weighted by molar-refractivity contribution is -0.670. The molecule has 1 heterocycles. The largest absolute Gasteiger partial charge is 0.722 e. The molecule has 0 bridgehead atoms. The van der Waals surface area contributed by atoms with Gasteiger partial charge in [-0.25, -0.2) is 0 Å². The second-order valence-corrected chi connectivity index (χ2v) is 0.999. The highest BCUT2D eigenvalue weighted by molar-refractivity contribution is 4.32. The molecule has 1 aromatic rings. The van der Waals surface area contributed by atoms with Gasteiger partial charge in [-0.05, 0) is 0 Å². The summed E-state index contributed by atoms with van der Waals surface area (Å²) in [7, 11) is 0. The molecule has 0 atom stereocenters. The van der Waals surface area contributed by atoms with Crippen molar-refractivity contribution in [2.24, 2.45) is 5.29 Å². The van der Waals surface area contributed by atoms with Crippen LogP contribution < -0.4 is 4.85 Å². The second kappa shape index (κ2) is 1.52. The van der Waals surface area contributed by atoms with Crippen molar-refractivity contribution < 1.29 is 4.85 Å². The van der Waals surface area contributed by atoms with E-state index in [9.17, 15) is 10.1 Å². The van der Waals surface area contributed by atoms with Crippen molar-refractivity contribution in [1.29, 1.82) is 0 Å². The van der Waals surface area contributed by atoms with Crippen LogP contribution in [0.25, 0.3) is 0 Å². The molecule has 1 aromatic heterocycles. The van der Waals surface area contributed by atoms with Crippen molar-refractivity contribution in [2.75, 3.05) is 0 Å². The minimum Gasteiger partial charge on any atom is -0.722 e. The molecule has 0 aliphatic carbocycles. The van der Waals surface area contributed by atoms with Crippen molar-refractivity contribution >= 4 is 0 Å². The summed E-state index contributed by atoms with van der Waals surface area (Å²) in [6, 6.07) is 0. The quantitative estimate of drug-likeness (QED) is 0.251. The predicted molar refractivity (Wildman–Crippen MR) is 20.2 cm³/mol. The van der Waals surface area contributed by atoms with E-state index in [1.807, 2.05) is 0 Å². The summed E-state index contributed by atoms with van der Waals surface area (Å²) in [5.41, 5.74) is 0. The van der Waals surface area contributed by atoms with Gasteiger partial charge in [0, 0.05) is 0 Å². The van der Waals surface area contributed by atoms with Crippen molar-refractivity contribution in [1.82, 2.24) is 15.2 Å². The van der Waals surface area contributed by atoms with Crippen LogP contribution in [0.1, 0.15) is 0 Å². The number of tetrazole rings is 1. The number of nitroso groups, excluding NO2 is 1. The van der Waals surface area contributed by atoms with Gasteiger partial charge >= 0.3 is 0 Å². The summed E-state index contributed by atoms with van der Waals surface area (Å²) >= 11 is 0. The van der Waals surface area contributed by atoms with E-state index < -0.39 is 0 Å². The van der Waals surface area contributed by atoms with Crippen LogP contribution in [0.15, 0.2) is 11.6 Å². The standard InChI is InChI=1S/CHN5O2/c7-4-5-1-6(8)3-2-5/h1H. The van der Waals surface area contributed by atoms with Crippen molar-refractivity contribution in [3.63, 3.8) is 0 Å². The fourth-order valence-electron chi connectivity index (χ4n) is 0.252. The van der Waals surface area contributed by atoms with Crippen molar-refractivity contribution in [2.45, 2.75) is 0 Å². The summed E-state index contributed by atoms with van der Waals surface area (Å²) in [6.45, 7) is 0. The molecule has 0 saturated heterocycles. The number of rotatable bonds is 1. The lowest BCUT2D eigenvalue weighted by atomic mass is 11.4. The van der Waals surface area contributed by atoms with Gasteiger partial charge in [-0.2, -0.15) is 0 Å². The van der Waals surface area contributed by atoms with Gasteiger partial charge in [0.05, 0.1) is 4.79 Å². The Hall–Kier alpha value is -1.53. The van der Waals surface area contributed by atoms with Crippen molar-refractivity contribution in [3.05, 3.63) is 16.4 Å². The minimum absolute atomic E-state index is 0.126. The number of hydrogen-bond acceptors (Lipinski definition) is 5. The van der Waals surface area contributed by atoms with Crippen molar-refractivity contribution in [3.8, 4) is 0 Å². The number of aromatic nitrogens is 4. The maximum absolute atomic E-state index is 9.97. The Morgan fingerprint density at radius 1 is 1.88 bits per heavy atom. The highest BCUT2D eigenvalue weighted by Gasteiger charge is 1.98. The molecule has 0 aliphatic heterocycles. The van der Waals surface area contributed by atoms with Crippen LogP contribution in [0.5, 0.6) is 0 Å². The van der Waals surface area contributed by atoms with Gasteiger partial charge in [0.1, 0.15) is 5.21 Å². The zero-order chi connectivity index (χ0) is 5.98. The maximum Gasteiger partial charge on any atom is 0.279 e. The monoisotopic (exact) mass is 115 g/mol. The highest BCUT2D eigenvalue weighted by atomic mass is 16.5. The average molecular weight is 115 g/mol. The molecule has 42 valence electrons. The number of hydrogen-bond donors (Lipinski definition) is 0. The molecule has 0 saturated carbocycles. The molecule has 0 aliphatic rings. The lowest BCUT2D eigenvalue weighted by Crippen LogP contribution is -2.26. The summed E-state index contributed by atoms with van der Waals surface area (Å²) < 4.78 is 0. The molecule has 7 nitrogen and oxygen atoms in total. The first-order valence-corrected chi connectivity index (χ1v) is 1.68. The van der Waals surface area contributed by atoms with Crippen LogP contribution in [0.4, 0.5) is 0 Å². The van der Waals surface area contributed by atoms with Gasteiger partial charge < -0.3 is 5.21 Å². The van der Waals surface area contributed by atoms with Crippen LogP contribution >= 0.6 is 0 Å². The van der Waals surface area contributed by atoms with E-state index in [1.165, 1.54) is 0 Å². The average Bonchev–Trinajstić information content (AvgIpc) is 2.14. The molecular formula is CHN5O2. The first kappa shape index (κ1) is 4.62. The van der Waals surface area contributed by atoms with Gasteiger partial charge in [-0.15, -0.1) is 9.75 Å². The topological polar surface area (TPSA) is 87.1 Å². The molecule has 0 spiro atoms. The Balaban J connectivity index is 3.00. The summed E-state index contributed by atoms with van der Waals surface area (Å²) in [6.07, 6.45) is 0.799. The van der Waals surface area contributed by atoms with Gasteiger partial charge in [-0.1, -0.05) is 0 Å². The van der Waals surface area contributed by atoms with Crippen LogP contribution in [0, 0.1) is 10.1 Å². The Labute approximate surface area is 43.0 Å². The second-order valence-electron chi connectivity index (χ2n) is 0.999. The molecule has 0 radical (unpaired) electrons. The zero-order valence-corrected chi connectivity index (χ0v) is 3.63.